The van der Waals surface area contributed by atoms with Crippen LogP contribution >= 0.6 is 0 Å². The topological polar surface area (TPSA) is 108 Å². The lowest BCUT2D eigenvalue weighted by Crippen LogP contribution is -2.40. The highest BCUT2D eigenvalue weighted by Gasteiger charge is 2.25. The molecule has 0 aromatic heterocycles. The first kappa shape index (κ1) is 74.8. The largest absolute Gasteiger partial charge is 0.477 e. The van der Waals surface area contributed by atoms with E-state index in [4.69, 9.17) is 18.9 Å². The molecule has 0 radical (unpaired) electrons. The Labute approximate surface area is 478 Å². The van der Waals surface area contributed by atoms with E-state index < -0.39 is 18.4 Å². The van der Waals surface area contributed by atoms with Crippen LogP contribution in [0.25, 0.3) is 0 Å². The summed E-state index contributed by atoms with van der Waals surface area (Å²) < 4.78 is 23.0. The maximum absolute atomic E-state index is 12.9. The number of likely N-dealkylation sites (N-methyl/N-ethyl adjacent to an activating group) is 1. The van der Waals surface area contributed by atoms with Gasteiger partial charge in [0.25, 0.3) is 6.29 Å². The lowest BCUT2D eigenvalue weighted by atomic mass is 10.0. The second-order valence-electron chi connectivity index (χ2n) is 24.1. The average molecular weight is 1090 g/mol. The summed E-state index contributed by atoms with van der Waals surface area (Å²) in [5, 5.41) is 9.73. The van der Waals surface area contributed by atoms with Gasteiger partial charge in [-0.25, -0.2) is 4.79 Å². The van der Waals surface area contributed by atoms with Crippen molar-refractivity contribution in [2.24, 2.45) is 0 Å². The quantitative estimate of drug-likeness (QED) is 0.0211. The minimum absolute atomic E-state index is 0.177. The van der Waals surface area contributed by atoms with Crippen LogP contribution in [-0.2, 0) is 33.3 Å². The van der Waals surface area contributed by atoms with E-state index in [1.165, 1.54) is 270 Å². The van der Waals surface area contributed by atoms with Crippen molar-refractivity contribution in [1.82, 2.24) is 0 Å². The Morgan fingerprint density at radius 2 is 0.662 bits per heavy atom. The molecule has 0 rings (SSSR count). The average Bonchev–Trinajstić information content (AvgIpc) is 3.40. The van der Waals surface area contributed by atoms with Gasteiger partial charge in [0.1, 0.15) is 13.2 Å². The van der Waals surface area contributed by atoms with Crippen LogP contribution in [0.4, 0.5) is 0 Å². The first-order valence-corrected chi connectivity index (χ1v) is 33.5. The van der Waals surface area contributed by atoms with Gasteiger partial charge in [-0.2, -0.15) is 0 Å². The number of carboxylic acids is 1. The highest BCUT2D eigenvalue weighted by Crippen LogP contribution is 2.18. The molecule has 77 heavy (non-hydrogen) atoms. The van der Waals surface area contributed by atoms with Crippen LogP contribution in [0.1, 0.15) is 335 Å². The van der Waals surface area contributed by atoms with Crippen LogP contribution < -0.4 is 0 Å². The summed E-state index contributed by atoms with van der Waals surface area (Å²) in [6, 6.07) is 0. The number of esters is 2. The molecule has 0 aliphatic rings. The molecule has 0 aromatic rings. The minimum atomic E-state index is -1.51. The van der Waals surface area contributed by atoms with Gasteiger partial charge in [0.2, 0.25) is 0 Å². The normalized spacial score (nSPS) is 12.8. The molecule has 0 spiro atoms. The number of unbranched alkanes of at least 4 members (excludes halogenated alkanes) is 44. The third kappa shape index (κ3) is 61.2. The van der Waals surface area contributed by atoms with Gasteiger partial charge in [-0.3, -0.25) is 9.59 Å². The molecule has 0 saturated heterocycles. The monoisotopic (exact) mass is 1090 g/mol. The van der Waals surface area contributed by atoms with Crippen LogP contribution in [-0.4, -0.2) is 87.4 Å². The van der Waals surface area contributed by atoms with E-state index in [-0.39, 0.29) is 38.2 Å². The molecule has 0 aliphatic carbocycles. The zero-order valence-electron chi connectivity index (χ0n) is 51.9. The molecular weight excluding hydrogens is 959 g/mol. The summed E-state index contributed by atoms with van der Waals surface area (Å²) in [5.74, 6) is -1.98. The third-order valence-electron chi connectivity index (χ3n) is 15.2. The lowest BCUT2D eigenvalue weighted by Gasteiger charge is -2.25. The van der Waals surface area contributed by atoms with Crippen molar-refractivity contribution < 1.29 is 42.9 Å². The fourth-order valence-electron chi connectivity index (χ4n) is 10.0. The van der Waals surface area contributed by atoms with Crippen LogP contribution in [0.5, 0.6) is 0 Å². The Kier molecular flexibility index (Phi) is 58.1. The molecule has 0 heterocycles. The Balaban J connectivity index is 4.10. The molecule has 0 saturated carbocycles. The number of aliphatic carboxylic acids is 1. The van der Waals surface area contributed by atoms with E-state index in [9.17, 15) is 19.5 Å². The highest BCUT2D eigenvalue weighted by atomic mass is 16.7. The molecule has 1 N–H and O–H groups in total. The van der Waals surface area contributed by atoms with Gasteiger partial charge < -0.3 is 28.5 Å². The molecule has 0 bridgehead atoms. The maximum Gasteiger partial charge on any atom is 0.361 e. The predicted octanol–water partition coefficient (Wildman–Crippen LogP) is 20.2. The smallest absolute Gasteiger partial charge is 0.361 e. The predicted molar refractivity (Wildman–Crippen MR) is 328 cm³/mol. The van der Waals surface area contributed by atoms with E-state index >= 15 is 0 Å². The van der Waals surface area contributed by atoms with Crippen LogP contribution in [0.3, 0.4) is 0 Å². The summed E-state index contributed by atoms with van der Waals surface area (Å²) >= 11 is 0. The van der Waals surface area contributed by atoms with Crippen molar-refractivity contribution in [3.63, 3.8) is 0 Å². The number of carbonyl (C=O) groups excluding carboxylic acids is 2. The van der Waals surface area contributed by atoms with E-state index in [2.05, 4.69) is 38.2 Å². The molecular formula is C68H130NO8+. The second-order valence-corrected chi connectivity index (χ2v) is 24.1. The van der Waals surface area contributed by atoms with E-state index in [0.29, 0.717) is 17.4 Å². The lowest BCUT2D eigenvalue weighted by molar-refractivity contribution is -0.870. The van der Waals surface area contributed by atoms with Gasteiger partial charge in [0, 0.05) is 12.8 Å². The number of allylic oxidation sites excluding steroid dienone is 4. The van der Waals surface area contributed by atoms with Crippen molar-refractivity contribution >= 4 is 17.9 Å². The standard InChI is InChI=1S/C68H129NO8/c1-6-8-10-12-14-16-18-20-22-24-26-28-30-31-32-33-34-35-37-39-41-43-45-47-49-51-53-55-57-59-66(71)77-64(63-76-68(67(72)73)74-61-60-69(3,4)5)62-75-65(70)58-56-54-52-50-48-46-44-42-40-38-36-29-27-25-23-21-19-17-15-13-11-9-7-2/h24-27,64,68H,6-23,28-63H2,1-5H3/p+1/b26-24-,27-25-. The van der Waals surface area contributed by atoms with E-state index in [1.807, 2.05) is 21.1 Å². The molecule has 0 fully saturated rings. The van der Waals surface area contributed by atoms with E-state index in [1.54, 1.807) is 0 Å². The van der Waals surface area contributed by atoms with Gasteiger partial charge in [-0.1, -0.05) is 282 Å². The first-order valence-electron chi connectivity index (χ1n) is 33.5. The van der Waals surface area contributed by atoms with Gasteiger partial charge in [-0.15, -0.1) is 0 Å². The SMILES string of the molecule is CCCCCCCCCC/C=C\CCCCCCCCCCCCCCCCCCCC(=O)OC(COC(=O)CCCCCCCCCCCCC/C=C\CCCCCCCCCC)COC(OCC[N+](C)(C)C)C(=O)O. The molecule has 9 heteroatoms. The Morgan fingerprint density at radius 1 is 0.377 bits per heavy atom. The molecule has 2 atom stereocenters. The number of quaternary nitrogens is 1. The Hall–Kier alpha value is -2.23. The molecule has 2 unspecified atom stereocenters. The van der Waals surface area contributed by atoms with Crippen molar-refractivity contribution in [2.75, 3.05) is 47.5 Å². The summed E-state index contributed by atoms with van der Waals surface area (Å²) in [6.45, 7) is 4.94. The minimum Gasteiger partial charge on any atom is -0.477 e. The number of hydrogen-bond acceptors (Lipinski definition) is 7. The zero-order valence-corrected chi connectivity index (χ0v) is 51.9. The molecule has 9 nitrogen and oxygen atoms in total. The van der Waals surface area contributed by atoms with Crippen LogP contribution in [0, 0.1) is 0 Å². The Morgan fingerprint density at radius 3 is 0.961 bits per heavy atom. The van der Waals surface area contributed by atoms with Crippen LogP contribution in [0.15, 0.2) is 24.3 Å². The summed E-state index contributed by atoms with van der Waals surface area (Å²) in [4.78, 5) is 37.6. The molecule has 0 amide bonds. The van der Waals surface area contributed by atoms with Crippen molar-refractivity contribution in [1.29, 1.82) is 0 Å². The molecule has 0 aromatic carbocycles. The molecule has 454 valence electrons. The fourth-order valence-corrected chi connectivity index (χ4v) is 10.0. The number of rotatable bonds is 63. The number of ether oxygens (including phenoxy) is 4. The van der Waals surface area contributed by atoms with Crippen LogP contribution in [0.2, 0.25) is 0 Å². The van der Waals surface area contributed by atoms with Gasteiger partial charge in [-0.05, 0) is 64.2 Å². The molecule has 0 aliphatic heterocycles. The summed E-state index contributed by atoms with van der Waals surface area (Å²) in [5.41, 5.74) is 0. The number of hydrogen-bond donors (Lipinski definition) is 1. The zero-order chi connectivity index (χ0) is 56.2. The fraction of sp³-hybridized carbons (Fsp3) is 0.897. The van der Waals surface area contributed by atoms with Crippen molar-refractivity contribution in [3.05, 3.63) is 24.3 Å². The highest BCUT2D eigenvalue weighted by molar-refractivity contribution is 5.71. The third-order valence-corrected chi connectivity index (χ3v) is 15.2. The van der Waals surface area contributed by atoms with Gasteiger partial charge in [0.15, 0.2) is 6.10 Å². The van der Waals surface area contributed by atoms with Crippen molar-refractivity contribution in [3.8, 4) is 0 Å². The van der Waals surface area contributed by atoms with Gasteiger partial charge >= 0.3 is 17.9 Å². The summed E-state index contributed by atoms with van der Waals surface area (Å²) in [6.07, 6.45) is 70.0. The number of carbonyl (C=O) groups is 3. The first-order chi connectivity index (χ1) is 37.6. The number of nitrogens with zero attached hydrogens (tertiary/aromatic N) is 1. The second kappa shape index (κ2) is 59.9. The van der Waals surface area contributed by atoms with Crippen molar-refractivity contribution in [2.45, 2.75) is 347 Å². The summed E-state index contributed by atoms with van der Waals surface area (Å²) in [7, 11) is 5.99. The van der Waals surface area contributed by atoms with Gasteiger partial charge in [0.05, 0.1) is 34.4 Å². The van der Waals surface area contributed by atoms with E-state index in [0.717, 1.165) is 38.5 Å². The maximum atomic E-state index is 12.9. The number of carboxylic acid groups (broad SMARTS) is 1. The Bertz CT molecular complexity index is 1310.